The number of rotatable bonds is 5. The fourth-order valence-corrected chi connectivity index (χ4v) is 4.05. The molecule has 3 aromatic rings. The van der Waals surface area contributed by atoms with E-state index in [4.69, 9.17) is 20.3 Å². The molecule has 2 saturated heterocycles. The van der Waals surface area contributed by atoms with Crippen molar-refractivity contribution in [2.24, 2.45) is 5.73 Å². The molecule has 0 aliphatic carbocycles. The highest BCUT2D eigenvalue weighted by molar-refractivity contribution is 5.80. The minimum atomic E-state index is -0.248. The van der Waals surface area contributed by atoms with Crippen molar-refractivity contribution < 1.29 is 19.4 Å². The average molecular weight is 468 g/mol. The molecule has 9 nitrogen and oxygen atoms in total. The Morgan fingerprint density at radius 1 is 1.15 bits per heavy atom. The Morgan fingerprint density at radius 3 is 2.47 bits per heavy atom. The summed E-state index contributed by atoms with van der Waals surface area (Å²) in [5, 5.41) is 13.6. The lowest BCUT2D eigenvalue weighted by Gasteiger charge is -2.37. The van der Waals surface area contributed by atoms with E-state index in [1.54, 1.807) is 4.90 Å². The zero-order chi connectivity index (χ0) is 23.9. The lowest BCUT2D eigenvalue weighted by atomic mass is 10.1. The molecule has 1 amide bonds. The van der Waals surface area contributed by atoms with Crippen LogP contribution in [0.4, 0.5) is 10.5 Å². The average Bonchev–Trinajstić information content (AvgIpc) is 3.27. The van der Waals surface area contributed by atoms with Gasteiger partial charge in [-0.2, -0.15) is 5.10 Å². The van der Waals surface area contributed by atoms with E-state index >= 15 is 0 Å². The summed E-state index contributed by atoms with van der Waals surface area (Å²) >= 11 is 0. The van der Waals surface area contributed by atoms with Crippen LogP contribution in [0.3, 0.4) is 0 Å². The summed E-state index contributed by atoms with van der Waals surface area (Å²) in [5.74, 6) is 0. The van der Waals surface area contributed by atoms with Crippen LogP contribution >= 0.6 is 0 Å². The third kappa shape index (κ3) is 5.49. The van der Waals surface area contributed by atoms with E-state index in [1.807, 2.05) is 29.9 Å². The summed E-state index contributed by atoms with van der Waals surface area (Å²) in [6, 6.07) is 12.4. The third-order valence-corrected chi connectivity index (χ3v) is 5.93. The van der Waals surface area contributed by atoms with Crippen LogP contribution in [0.5, 0.6) is 0 Å². The number of aromatic nitrogens is 2. The van der Waals surface area contributed by atoms with Crippen LogP contribution in [0.15, 0.2) is 48.8 Å². The number of aliphatic hydroxyl groups is 1. The second-order valence-electron chi connectivity index (χ2n) is 8.37. The first-order valence-corrected chi connectivity index (χ1v) is 11.8. The van der Waals surface area contributed by atoms with Gasteiger partial charge in [0.25, 0.3) is 0 Å². The number of carbonyl (C=O) groups is 1. The van der Waals surface area contributed by atoms with Crippen LogP contribution in [-0.4, -0.2) is 84.4 Å². The molecular formula is C25H33N5O4. The minimum absolute atomic E-state index is 0.0952. The SMILES string of the molecule is CCN.O=C(OC1COC1)N1CCN(c2ccnn3cc(-c4ccc(CCO)cc4)cc23)CC1. The monoisotopic (exact) mass is 467 g/mol. The first kappa shape index (κ1) is 24.0. The second-order valence-corrected chi connectivity index (χ2v) is 8.37. The van der Waals surface area contributed by atoms with Crippen molar-refractivity contribution in [3.05, 3.63) is 54.4 Å². The van der Waals surface area contributed by atoms with E-state index in [1.165, 1.54) is 0 Å². The number of fused-ring (bicyclic) bond motifs is 1. The van der Waals surface area contributed by atoms with Crippen LogP contribution in [-0.2, 0) is 15.9 Å². The molecular weight excluding hydrogens is 434 g/mol. The number of ether oxygens (including phenoxy) is 2. The Labute approximate surface area is 199 Å². The maximum atomic E-state index is 12.3. The second kappa shape index (κ2) is 11.3. The highest BCUT2D eigenvalue weighted by Crippen LogP contribution is 2.29. The number of nitrogens with two attached hydrogens (primary N) is 1. The van der Waals surface area contributed by atoms with Crippen molar-refractivity contribution in [1.82, 2.24) is 14.5 Å². The van der Waals surface area contributed by atoms with Gasteiger partial charge < -0.3 is 30.1 Å². The normalized spacial score (nSPS) is 16.1. The van der Waals surface area contributed by atoms with Crippen LogP contribution < -0.4 is 10.6 Å². The number of anilines is 1. The number of amides is 1. The van der Waals surface area contributed by atoms with E-state index in [-0.39, 0.29) is 18.8 Å². The molecule has 0 atom stereocenters. The summed E-state index contributed by atoms with van der Waals surface area (Å²) < 4.78 is 12.4. The zero-order valence-corrected chi connectivity index (χ0v) is 19.6. The first-order chi connectivity index (χ1) is 16.6. The summed E-state index contributed by atoms with van der Waals surface area (Å²) in [6.07, 6.45) is 4.17. The molecule has 0 unspecified atom stereocenters. The number of hydrogen-bond donors (Lipinski definition) is 2. The summed E-state index contributed by atoms with van der Waals surface area (Å²) in [6.45, 7) is 6.55. The molecule has 5 rings (SSSR count). The molecule has 182 valence electrons. The molecule has 2 aromatic heterocycles. The zero-order valence-electron chi connectivity index (χ0n) is 19.6. The van der Waals surface area contributed by atoms with Crippen molar-refractivity contribution in [3.8, 4) is 11.1 Å². The summed E-state index contributed by atoms with van der Waals surface area (Å²) in [5.41, 5.74) is 10.3. The molecule has 1 aromatic carbocycles. The van der Waals surface area contributed by atoms with Crippen LogP contribution in [0.2, 0.25) is 0 Å². The van der Waals surface area contributed by atoms with Crippen molar-refractivity contribution >= 4 is 17.3 Å². The Bertz CT molecular complexity index is 1070. The highest BCUT2D eigenvalue weighted by atomic mass is 16.6. The molecule has 2 fully saturated rings. The smallest absolute Gasteiger partial charge is 0.410 e. The highest BCUT2D eigenvalue weighted by Gasteiger charge is 2.28. The molecule has 2 aliphatic heterocycles. The van der Waals surface area contributed by atoms with Gasteiger partial charge >= 0.3 is 6.09 Å². The van der Waals surface area contributed by atoms with Gasteiger partial charge in [-0.25, -0.2) is 9.31 Å². The molecule has 2 aliphatic rings. The topological polar surface area (TPSA) is 106 Å². The van der Waals surface area contributed by atoms with E-state index in [9.17, 15) is 4.79 Å². The minimum Gasteiger partial charge on any atom is -0.441 e. The number of piperazine rings is 1. The molecule has 0 saturated carbocycles. The predicted molar refractivity (Wildman–Crippen MR) is 131 cm³/mol. The number of aliphatic hydroxyl groups excluding tert-OH is 1. The van der Waals surface area contributed by atoms with Gasteiger partial charge in [-0.05, 0) is 36.2 Å². The van der Waals surface area contributed by atoms with Crippen molar-refractivity contribution in [1.29, 1.82) is 0 Å². The molecule has 4 heterocycles. The fourth-order valence-electron chi connectivity index (χ4n) is 4.05. The van der Waals surface area contributed by atoms with Gasteiger partial charge in [-0.3, -0.25) is 0 Å². The van der Waals surface area contributed by atoms with Gasteiger partial charge in [0.15, 0.2) is 6.10 Å². The van der Waals surface area contributed by atoms with E-state index in [0.29, 0.717) is 32.7 Å². The number of carbonyl (C=O) groups excluding carboxylic acids is 1. The number of nitrogens with zero attached hydrogens (tertiary/aromatic N) is 4. The maximum Gasteiger partial charge on any atom is 0.410 e. The Hall–Kier alpha value is -3.14. The molecule has 0 bridgehead atoms. The molecule has 0 radical (unpaired) electrons. The van der Waals surface area contributed by atoms with Gasteiger partial charge in [0.2, 0.25) is 0 Å². The van der Waals surface area contributed by atoms with E-state index in [0.717, 1.165) is 47.5 Å². The van der Waals surface area contributed by atoms with Crippen molar-refractivity contribution in [2.75, 3.05) is 57.4 Å². The lowest BCUT2D eigenvalue weighted by Crippen LogP contribution is -2.51. The van der Waals surface area contributed by atoms with Crippen LogP contribution in [0.25, 0.3) is 16.6 Å². The Balaban J connectivity index is 0.000000868. The van der Waals surface area contributed by atoms with E-state index < -0.39 is 0 Å². The van der Waals surface area contributed by atoms with Crippen LogP contribution in [0.1, 0.15) is 12.5 Å². The van der Waals surface area contributed by atoms with Gasteiger partial charge in [-0.1, -0.05) is 31.2 Å². The van der Waals surface area contributed by atoms with Gasteiger partial charge in [0.1, 0.15) is 0 Å². The predicted octanol–water partition coefficient (Wildman–Crippen LogP) is 2.16. The van der Waals surface area contributed by atoms with Crippen LogP contribution in [0, 0.1) is 0 Å². The first-order valence-electron chi connectivity index (χ1n) is 11.8. The molecule has 34 heavy (non-hydrogen) atoms. The fraction of sp³-hybridized carbons (Fsp3) is 0.440. The lowest BCUT2D eigenvalue weighted by molar-refractivity contribution is -0.104. The van der Waals surface area contributed by atoms with E-state index in [2.05, 4.69) is 40.3 Å². The summed E-state index contributed by atoms with van der Waals surface area (Å²) in [7, 11) is 0. The quantitative estimate of drug-likeness (QED) is 0.592. The standard InChI is InChI=1S/C23H26N4O4.C2H7N/c28-12-6-17-1-3-18(4-2-17)19-13-22-21(5-7-24-27(22)14-19)25-8-10-26(11-9-25)23(29)31-20-15-30-16-20;1-2-3/h1-5,7,13-14,20,28H,6,8-12,15-16H2;2-3H2,1H3. The third-order valence-electron chi connectivity index (χ3n) is 5.93. The Morgan fingerprint density at radius 2 is 1.85 bits per heavy atom. The molecule has 9 heteroatoms. The Kier molecular flexibility index (Phi) is 7.99. The summed E-state index contributed by atoms with van der Waals surface area (Å²) in [4.78, 5) is 16.3. The number of benzene rings is 1. The van der Waals surface area contributed by atoms with Gasteiger partial charge in [-0.15, -0.1) is 0 Å². The molecule has 3 N–H and O–H groups in total. The van der Waals surface area contributed by atoms with Crippen molar-refractivity contribution in [3.63, 3.8) is 0 Å². The molecule has 0 spiro atoms. The largest absolute Gasteiger partial charge is 0.441 e. The van der Waals surface area contributed by atoms with Gasteiger partial charge in [0.05, 0.1) is 24.4 Å². The van der Waals surface area contributed by atoms with Crippen molar-refractivity contribution in [2.45, 2.75) is 19.4 Å². The maximum absolute atomic E-state index is 12.3. The van der Waals surface area contributed by atoms with Gasteiger partial charge in [0, 0.05) is 50.7 Å². The number of hydrogen-bond acceptors (Lipinski definition) is 7.